The Kier molecular flexibility index (Phi) is 37.0. The molecule has 0 heterocycles. The summed E-state index contributed by atoms with van der Waals surface area (Å²) in [4.78, 5) is 35.8. The van der Waals surface area contributed by atoms with Crippen LogP contribution in [0.3, 0.4) is 0 Å². The topological polar surface area (TPSA) is 250 Å². The molecule has 0 bridgehead atoms. The van der Waals surface area contributed by atoms with E-state index in [0.29, 0.717) is 38.5 Å². The Labute approximate surface area is 396 Å². The van der Waals surface area contributed by atoms with Crippen LogP contribution in [-0.2, 0) is 32.7 Å². The molecule has 0 aliphatic heterocycles. The van der Waals surface area contributed by atoms with Gasteiger partial charge < -0.3 is 50.1 Å². The molecule has 15 nitrogen and oxygen atoms in total. The molecule has 16 heteroatoms. The van der Waals surface area contributed by atoms with Gasteiger partial charge in [-0.1, -0.05) is 146 Å². The van der Waals surface area contributed by atoms with Crippen LogP contribution >= 0.6 is 7.82 Å². The number of carbonyl (C=O) groups is 2. The number of hydrogen-bond acceptors (Lipinski definition) is 14. The summed E-state index contributed by atoms with van der Waals surface area (Å²) in [6.45, 7) is 3.09. The van der Waals surface area contributed by atoms with Gasteiger partial charge in [0.2, 0.25) is 0 Å². The lowest BCUT2D eigenvalue weighted by Gasteiger charge is -2.41. The number of hydrogen-bond donors (Lipinski definition) is 8. The Hall–Kier alpha value is -2.27. The molecule has 10 atom stereocenters. The Balaban J connectivity index is 2.48. The number of unbranched alkanes of at least 4 members (excludes halogenated alkanes) is 17. The van der Waals surface area contributed by atoms with Gasteiger partial charge in [-0.05, 0) is 77.0 Å². The molecule has 0 aromatic carbocycles. The zero-order valence-corrected chi connectivity index (χ0v) is 41.1. The zero-order chi connectivity index (χ0) is 48.8. The van der Waals surface area contributed by atoms with Crippen molar-refractivity contribution in [2.24, 2.45) is 0 Å². The summed E-state index contributed by atoms with van der Waals surface area (Å²) in [6.07, 6.45) is 25.9. The molecule has 0 saturated heterocycles. The fourth-order valence-electron chi connectivity index (χ4n) is 7.38. The van der Waals surface area contributed by atoms with Crippen molar-refractivity contribution in [3.05, 3.63) is 48.6 Å². The summed E-state index contributed by atoms with van der Waals surface area (Å²) >= 11 is 0. The monoisotopic (exact) mass is 961 g/mol. The standard InChI is InChI=1S/C50H89O15P/c1-3-5-7-9-11-12-13-14-15-16-17-18-19-20-21-22-23-24-28-32-36-43(53)62-38-40(39-63-66(60,61)65-50-48(58)46(56)45(55)47(57)49(50)59)64-44(54)37-33-29-25-27-31-35-42(52)41(51)34-30-26-10-8-6-4-2/h12-13,15-16,18-19,26,30,40-42,45-52,55-59H,3-11,14,17,20-25,27-29,31-39H2,1-2H3,(H,60,61)/b13-12-,16-15-,19-18-,30-26-/t40-,41+,42+,45?,46-,47+,48-,49-,50?/m1/s1. The molecule has 3 unspecified atom stereocenters. The van der Waals surface area contributed by atoms with Crippen LogP contribution in [0.25, 0.3) is 0 Å². The second kappa shape index (κ2) is 39.6. The number of allylic oxidation sites excluding steroid dienone is 7. The van der Waals surface area contributed by atoms with E-state index in [-0.39, 0.29) is 12.8 Å². The van der Waals surface area contributed by atoms with Gasteiger partial charge in [-0.2, -0.15) is 0 Å². The van der Waals surface area contributed by atoms with E-state index in [1.807, 2.05) is 12.2 Å². The average molecular weight is 961 g/mol. The van der Waals surface area contributed by atoms with E-state index in [0.717, 1.165) is 83.5 Å². The first-order valence-electron chi connectivity index (χ1n) is 25.1. The van der Waals surface area contributed by atoms with E-state index >= 15 is 0 Å². The van der Waals surface area contributed by atoms with E-state index in [1.54, 1.807) is 0 Å². The number of carbonyl (C=O) groups excluding carboxylic acids is 2. The summed E-state index contributed by atoms with van der Waals surface area (Å²) < 4.78 is 33.5. The predicted octanol–water partition coefficient (Wildman–Crippen LogP) is 8.28. The minimum atomic E-state index is -5.17. The van der Waals surface area contributed by atoms with Crippen LogP contribution in [0.1, 0.15) is 187 Å². The molecule has 1 fully saturated rings. The molecule has 1 aliphatic carbocycles. The van der Waals surface area contributed by atoms with E-state index in [9.17, 15) is 54.8 Å². The largest absolute Gasteiger partial charge is 0.472 e. The van der Waals surface area contributed by atoms with Gasteiger partial charge in [0.05, 0.1) is 18.8 Å². The van der Waals surface area contributed by atoms with Crippen molar-refractivity contribution >= 4 is 19.8 Å². The fraction of sp³-hybridized carbons (Fsp3) is 0.800. The van der Waals surface area contributed by atoms with Crippen LogP contribution in [0.5, 0.6) is 0 Å². The van der Waals surface area contributed by atoms with E-state index in [1.165, 1.54) is 38.5 Å². The van der Waals surface area contributed by atoms with Gasteiger partial charge in [-0.15, -0.1) is 0 Å². The number of esters is 2. The Morgan fingerprint density at radius 1 is 0.530 bits per heavy atom. The highest BCUT2D eigenvalue weighted by Gasteiger charge is 2.51. The normalized spacial score (nSPS) is 22.6. The molecule has 8 N–H and O–H groups in total. The van der Waals surface area contributed by atoms with E-state index < -0.39 is 87.9 Å². The Morgan fingerprint density at radius 2 is 0.970 bits per heavy atom. The quantitative estimate of drug-likeness (QED) is 0.0124. The van der Waals surface area contributed by atoms with Crippen molar-refractivity contribution in [3.63, 3.8) is 0 Å². The summed E-state index contributed by atoms with van der Waals surface area (Å²) in [5.41, 5.74) is 0. The first kappa shape index (κ1) is 61.7. The van der Waals surface area contributed by atoms with Crippen molar-refractivity contribution in [2.75, 3.05) is 13.2 Å². The predicted molar refractivity (Wildman–Crippen MR) is 256 cm³/mol. The third-order valence-electron chi connectivity index (χ3n) is 11.6. The highest BCUT2D eigenvalue weighted by molar-refractivity contribution is 7.47. The number of phosphoric acid groups is 1. The molecular weight excluding hydrogens is 872 g/mol. The van der Waals surface area contributed by atoms with E-state index in [2.05, 4.69) is 50.3 Å². The Bertz CT molecular complexity index is 1370. The minimum Gasteiger partial charge on any atom is -0.462 e. The summed E-state index contributed by atoms with van der Waals surface area (Å²) in [5, 5.41) is 70.7. The smallest absolute Gasteiger partial charge is 0.462 e. The SMILES string of the molecule is CCCCC/C=C\C[C@H](O)[C@@H](O)CCCCCCCC(=O)O[C@H](COC(=O)CCCCCCCC/C=C\C/C=C\C/C=C\CCCCCC)COP(=O)(O)OC1[C@H](O)[C@H](O)C(O)[C@H](O)[C@H]1O. The van der Waals surface area contributed by atoms with Crippen molar-refractivity contribution in [1.29, 1.82) is 0 Å². The van der Waals surface area contributed by atoms with Crippen LogP contribution < -0.4 is 0 Å². The number of aliphatic hydroxyl groups excluding tert-OH is 7. The van der Waals surface area contributed by atoms with Crippen LogP contribution in [0.15, 0.2) is 48.6 Å². The van der Waals surface area contributed by atoms with Crippen molar-refractivity contribution in [3.8, 4) is 0 Å². The van der Waals surface area contributed by atoms with Crippen molar-refractivity contribution < 1.29 is 73.3 Å². The lowest BCUT2D eigenvalue weighted by Crippen LogP contribution is -2.64. The average Bonchev–Trinajstić information content (AvgIpc) is 3.29. The molecule has 0 radical (unpaired) electrons. The van der Waals surface area contributed by atoms with Crippen LogP contribution in [-0.4, -0.2) is 121 Å². The van der Waals surface area contributed by atoms with Gasteiger partial charge >= 0.3 is 19.8 Å². The molecular formula is C50H89O15P. The van der Waals surface area contributed by atoms with Crippen molar-refractivity contribution in [1.82, 2.24) is 0 Å². The zero-order valence-electron chi connectivity index (χ0n) is 40.2. The van der Waals surface area contributed by atoms with Crippen LogP contribution in [0.2, 0.25) is 0 Å². The molecule has 0 spiro atoms. The highest BCUT2D eigenvalue weighted by atomic mass is 31.2. The van der Waals surface area contributed by atoms with Gasteiger partial charge in [-0.25, -0.2) is 4.57 Å². The molecule has 384 valence electrons. The molecule has 1 saturated carbocycles. The number of ether oxygens (including phenoxy) is 2. The van der Waals surface area contributed by atoms with E-state index in [4.69, 9.17) is 18.5 Å². The number of phosphoric ester groups is 1. The maximum absolute atomic E-state index is 12.8. The van der Waals surface area contributed by atoms with Gasteiger partial charge in [-0.3, -0.25) is 18.6 Å². The third kappa shape index (κ3) is 31.0. The van der Waals surface area contributed by atoms with Gasteiger partial charge in [0.1, 0.15) is 43.2 Å². The lowest BCUT2D eigenvalue weighted by atomic mass is 9.85. The number of rotatable bonds is 41. The Morgan fingerprint density at radius 3 is 1.55 bits per heavy atom. The second-order valence-corrected chi connectivity index (χ2v) is 19.0. The van der Waals surface area contributed by atoms with Gasteiger partial charge in [0.15, 0.2) is 6.10 Å². The highest BCUT2D eigenvalue weighted by Crippen LogP contribution is 2.47. The fourth-order valence-corrected chi connectivity index (χ4v) is 8.35. The van der Waals surface area contributed by atoms with Gasteiger partial charge in [0, 0.05) is 12.8 Å². The molecule has 1 aliphatic rings. The van der Waals surface area contributed by atoms with Crippen LogP contribution in [0.4, 0.5) is 0 Å². The number of aliphatic hydroxyl groups is 7. The molecule has 0 amide bonds. The third-order valence-corrected chi connectivity index (χ3v) is 12.6. The first-order chi connectivity index (χ1) is 31.7. The van der Waals surface area contributed by atoms with Crippen molar-refractivity contribution in [2.45, 2.75) is 242 Å². The summed E-state index contributed by atoms with van der Waals surface area (Å²) in [6, 6.07) is 0. The maximum Gasteiger partial charge on any atom is 0.472 e. The van der Waals surface area contributed by atoms with Crippen LogP contribution in [0, 0.1) is 0 Å². The lowest BCUT2D eigenvalue weighted by molar-refractivity contribution is -0.220. The molecule has 66 heavy (non-hydrogen) atoms. The summed E-state index contributed by atoms with van der Waals surface area (Å²) in [7, 11) is -5.17. The summed E-state index contributed by atoms with van der Waals surface area (Å²) in [5.74, 6) is -1.23. The first-order valence-corrected chi connectivity index (χ1v) is 26.6. The minimum absolute atomic E-state index is 0.00668. The molecule has 1 rings (SSSR count). The molecule has 0 aromatic heterocycles. The second-order valence-electron chi connectivity index (χ2n) is 17.6. The maximum atomic E-state index is 12.8. The molecule has 0 aromatic rings. The van der Waals surface area contributed by atoms with Gasteiger partial charge in [0.25, 0.3) is 0 Å².